The molecule has 2 saturated heterocycles. The molecule has 0 spiro atoms. The first-order chi connectivity index (χ1) is 14.1. The third kappa shape index (κ3) is 4.47. The van der Waals surface area contributed by atoms with Gasteiger partial charge in [0.2, 0.25) is 0 Å². The molecule has 0 amide bonds. The molecule has 2 aromatic rings. The second kappa shape index (κ2) is 8.81. The van der Waals surface area contributed by atoms with Gasteiger partial charge in [-0.2, -0.15) is 5.10 Å². The van der Waals surface area contributed by atoms with Crippen LogP contribution in [0.5, 0.6) is 5.75 Å². The maximum Gasteiger partial charge on any atom is 0.137 e. The molecule has 1 aromatic heterocycles. The average Bonchev–Trinajstić information content (AvgIpc) is 3.25. The summed E-state index contributed by atoms with van der Waals surface area (Å²) in [6.45, 7) is 7.11. The molecule has 2 aliphatic heterocycles. The predicted molar refractivity (Wildman–Crippen MR) is 110 cm³/mol. The van der Waals surface area contributed by atoms with Crippen molar-refractivity contribution in [1.82, 2.24) is 19.7 Å². The van der Waals surface area contributed by atoms with Gasteiger partial charge in [-0.05, 0) is 48.8 Å². The van der Waals surface area contributed by atoms with E-state index in [4.69, 9.17) is 9.47 Å². The number of hydrogen-bond acceptors (Lipinski definition) is 6. The summed E-state index contributed by atoms with van der Waals surface area (Å²) in [7, 11) is 1.70. The zero-order valence-corrected chi connectivity index (χ0v) is 17.5. The fourth-order valence-corrected chi connectivity index (χ4v) is 4.97. The summed E-state index contributed by atoms with van der Waals surface area (Å²) < 4.78 is 12.8. The molecule has 158 valence electrons. The van der Waals surface area contributed by atoms with Gasteiger partial charge < -0.3 is 14.6 Å². The van der Waals surface area contributed by atoms with E-state index in [9.17, 15) is 5.11 Å². The molecule has 4 rings (SSSR count). The van der Waals surface area contributed by atoms with E-state index < -0.39 is 5.60 Å². The highest BCUT2D eigenvalue weighted by Gasteiger charge is 2.45. The number of methoxy groups -OCH3 is 1. The van der Waals surface area contributed by atoms with Crippen molar-refractivity contribution >= 4 is 0 Å². The van der Waals surface area contributed by atoms with Gasteiger partial charge in [-0.15, -0.1) is 0 Å². The minimum atomic E-state index is -0.557. The molecular weight excluding hydrogens is 368 g/mol. The molecular formula is C22H32N4O3. The molecule has 2 atom stereocenters. The minimum Gasteiger partial charge on any atom is -0.496 e. The number of aliphatic hydroxyl groups is 1. The second-order valence-electron chi connectivity index (χ2n) is 8.50. The summed E-state index contributed by atoms with van der Waals surface area (Å²) in [6, 6.07) is 6.37. The summed E-state index contributed by atoms with van der Waals surface area (Å²) in [5.74, 6) is 1.49. The fourth-order valence-electron chi connectivity index (χ4n) is 4.97. The monoisotopic (exact) mass is 400 g/mol. The van der Waals surface area contributed by atoms with Gasteiger partial charge in [0.25, 0.3) is 0 Å². The van der Waals surface area contributed by atoms with Crippen molar-refractivity contribution in [3.05, 3.63) is 42.0 Å². The van der Waals surface area contributed by atoms with E-state index in [0.29, 0.717) is 12.5 Å². The van der Waals surface area contributed by atoms with Crippen molar-refractivity contribution in [1.29, 1.82) is 0 Å². The Morgan fingerprint density at radius 1 is 1.28 bits per heavy atom. The number of aromatic nitrogens is 3. The van der Waals surface area contributed by atoms with Crippen LogP contribution in [0.1, 0.15) is 37.3 Å². The van der Waals surface area contributed by atoms with Gasteiger partial charge in [0.05, 0.1) is 19.3 Å². The van der Waals surface area contributed by atoms with Gasteiger partial charge in [-0.1, -0.05) is 13.0 Å². The highest BCUT2D eigenvalue weighted by atomic mass is 16.5. The van der Waals surface area contributed by atoms with Crippen LogP contribution in [0.25, 0.3) is 0 Å². The average molecular weight is 401 g/mol. The zero-order chi connectivity index (χ0) is 20.3. The van der Waals surface area contributed by atoms with Gasteiger partial charge in [0, 0.05) is 38.4 Å². The highest BCUT2D eigenvalue weighted by Crippen LogP contribution is 2.39. The van der Waals surface area contributed by atoms with Crippen LogP contribution in [-0.4, -0.2) is 63.8 Å². The lowest BCUT2D eigenvalue weighted by Crippen LogP contribution is -2.55. The van der Waals surface area contributed by atoms with E-state index in [1.165, 1.54) is 5.56 Å². The molecule has 0 unspecified atom stereocenters. The van der Waals surface area contributed by atoms with Crippen LogP contribution in [-0.2, 0) is 17.8 Å². The number of likely N-dealkylation sites (tertiary alicyclic amines) is 1. The van der Waals surface area contributed by atoms with Gasteiger partial charge in [0.15, 0.2) is 0 Å². The number of benzene rings is 1. The van der Waals surface area contributed by atoms with Crippen molar-refractivity contribution < 1.29 is 14.6 Å². The van der Waals surface area contributed by atoms with Crippen molar-refractivity contribution in [3.8, 4) is 5.75 Å². The smallest absolute Gasteiger partial charge is 0.137 e. The molecule has 7 heteroatoms. The lowest BCUT2D eigenvalue weighted by molar-refractivity contribution is -0.131. The first-order valence-electron chi connectivity index (χ1n) is 10.6. The van der Waals surface area contributed by atoms with E-state index in [1.54, 1.807) is 24.4 Å². The zero-order valence-electron chi connectivity index (χ0n) is 17.5. The van der Waals surface area contributed by atoms with Gasteiger partial charge in [0.1, 0.15) is 18.4 Å². The Morgan fingerprint density at radius 2 is 2.10 bits per heavy atom. The van der Waals surface area contributed by atoms with Crippen molar-refractivity contribution in [2.45, 2.75) is 44.9 Å². The van der Waals surface area contributed by atoms with Crippen molar-refractivity contribution in [3.63, 3.8) is 0 Å². The van der Waals surface area contributed by atoms with E-state index in [-0.39, 0.29) is 5.92 Å². The molecule has 1 aromatic carbocycles. The maximum absolute atomic E-state index is 11.4. The third-order valence-corrected chi connectivity index (χ3v) is 6.69. The van der Waals surface area contributed by atoms with E-state index in [1.807, 2.05) is 6.07 Å². The van der Waals surface area contributed by atoms with Crippen LogP contribution in [0.2, 0.25) is 0 Å². The molecule has 2 fully saturated rings. The quantitative estimate of drug-likeness (QED) is 0.802. The van der Waals surface area contributed by atoms with Gasteiger partial charge in [-0.25, -0.2) is 9.67 Å². The van der Waals surface area contributed by atoms with Crippen LogP contribution < -0.4 is 4.74 Å². The molecule has 2 aliphatic rings. The molecule has 0 radical (unpaired) electrons. The molecule has 0 saturated carbocycles. The normalized spacial score (nSPS) is 26.5. The Hall–Kier alpha value is -1.96. The van der Waals surface area contributed by atoms with E-state index in [0.717, 1.165) is 63.4 Å². The van der Waals surface area contributed by atoms with Crippen LogP contribution in [0, 0.1) is 11.8 Å². The molecule has 3 heterocycles. The minimum absolute atomic E-state index is 0.257. The van der Waals surface area contributed by atoms with Crippen LogP contribution >= 0.6 is 0 Å². The summed E-state index contributed by atoms with van der Waals surface area (Å²) in [4.78, 5) is 6.48. The Labute approximate surface area is 172 Å². The standard InChI is InChI=1S/C22H32N4O3/c1-17-12-25(8-7-22(17,27)20-5-9-29-10-6-20)13-18-3-4-21(28-2)19(11-18)14-26-16-23-15-24-26/h3-4,11,15-17,20,27H,5-10,12-14H2,1-2H3/t17-,22+/m1/s1. The highest BCUT2D eigenvalue weighted by molar-refractivity contribution is 5.37. The third-order valence-electron chi connectivity index (χ3n) is 6.69. The SMILES string of the molecule is COc1ccc(CN2CC[C@@](O)(C3CCOCC3)[C@H](C)C2)cc1Cn1cncn1. The molecule has 0 bridgehead atoms. The van der Waals surface area contributed by atoms with E-state index in [2.05, 4.69) is 34.0 Å². The van der Waals surface area contributed by atoms with Crippen LogP contribution in [0.3, 0.4) is 0 Å². The Kier molecular flexibility index (Phi) is 6.18. The number of hydrogen-bond donors (Lipinski definition) is 1. The molecule has 7 nitrogen and oxygen atoms in total. The predicted octanol–water partition coefficient (Wildman–Crippen LogP) is 2.33. The van der Waals surface area contributed by atoms with E-state index >= 15 is 0 Å². The van der Waals surface area contributed by atoms with Gasteiger partial charge >= 0.3 is 0 Å². The Morgan fingerprint density at radius 3 is 2.79 bits per heavy atom. The lowest BCUT2D eigenvalue weighted by Gasteiger charge is -2.48. The Bertz CT molecular complexity index is 791. The molecule has 29 heavy (non-hydrogen) atoms. The van der Waals surface area contributed by atoms with Crippen LogP contribution in [0.15, 0.2) is 30.9 Å². The van der Waals surface area contributed by atoms with Gasteiger partial charge in [-0.3, -0.25) is 4.90 Å². The second-order valence-corrected chi connectivity index (χ2v) is 8.50. The summed E-state index contributed by atoms with van der Waals surface area (Å²) in [5.41, 5.74) is 1.79. The summed E-state index contributed by atoms with van der Waals surface area (Å²) >= 11 is 0. The first-order valence-corrected chi connectivity index (χ1v) is 10.6. The number of piperidine rings is 1. The molecule has 1 N–H and O–H groups in total. The van der Waals surface area contributed by atoms with Crippen molar-refractivity contribution in [2.24, 2.45) is 11.8 Å². The number of ether oxygens (including phenoxy) is 2. The van der Waals surface area contributed by atoms with Crippen molar-refractivity contribution in [2.75, 3.05) is 33.4 Å². The number of rotatable bonds is 6. The number of nitrogens with zero attached hydrogens (tertiary/aromatic N) is 4. The summed E-state index contributed by atoms with van der Waals surface area (Å²) in [6.07, 6.45) is 6.05. The molecule has 0 aliphatic carbocycles. The topological polar surface area (TPSA) is 72.6 Å². The fraction of sp³-hybridized carbons (Fsp3) is 0.636. The first kappa shape index (κ1) is 20.3. The maximum atomic E-state index is 11.4. The largest absolute Gasteiger partial charge is 0.496 e. The summed E-state index contributed by atoms with van der Waals surface area (Å²) in [5, 5.41) is 15.6. The van der Waals surface area contributed by atoms with Crippen LogP contribution in [0.4, 0.5) is 0 Å². The lowest BCUT2D eigenvalue weighted by atomic mass is 9.70. The Balaban J connectivity index is 1.42.